The van der Waals surface area contributed by atoms with E-state index in [9.17, 15) is 4.79 Å². The lowest BCUT2D eigenvalue weighted by Crippen LogP contribution is -2.36. The van der Waals surface area contributed by atoms with E-state index >= 15 is 0 Å². The fourth-order valence-electron chi connectivity index (χ4n) is 2.74. The first kappa shape index (κ1) is 13.0. The molecular formula is C16H18N2O2. The van der Waals surface area contributed by atoms with E-state index in [0.717, 1.165) is 18.7 Å². The summed E-state index contributed by atoms with van der Waals surface area (Å²) in [7, 11) is 0. The van der Waals surface area contributed by atoms with Gasteiger partial charge in [-0.1, -0.05) is 48.8 Å². The molecule has 2 aromatic rings. The first-order chi connectivity index (χ1) is 9.74. The summed E-state index contributed by atoms with van der Waals surface area (Å²) in [6.45, 7) is 1.84. The van der Waals surface area contributed by atoms with E-state index in [0.29, 0.717) is 12.3 Å². The van der Waals surface area contributed by atoms with E-state index < -0.39 is 0 Å². The number of carbonyl (C=O) groups is 1. The predicted molar refractivity (Wildman–Crippen MR) is 74.4 cm³/mol. The zero-order chi connectivity index (χ0) is 14.0. The lowest BCUT2D eigenvalue weighted by molar-refractivity contribution is -0.118. The van der Waals surface area contributed by atoms with Crippen molar-refractivity contribution in [2.45, 2.75) is 44.4 Å². The minimum absolute atomic E-state index is 0.113. The SMILES string of the molecule is CCC(=O)Cc1nc(C2(c3ccccc3)CCC2)no1. The highest BCUT2D eigenvalue weighted by molar-refractivity contribution is 5.79. The van der Waals surface area contributed by atoms with Crippen molar-refractivity contribution in [3.05, 3.63) is 47.6 Å². The molecule has 20 heavy (non-hydrogen) atoms. The van der Waals surface area contributed by atoms with Crippen LogP contribution in [0.4, 0.5) is 0 Å². The molecule has 0 amide bonds. The normalized spacial score (nSPS) is 16.6. The Balaban J connectivity index is 1.89. The van der Waals surface area contributed by atoms with Gasteiger partial charge in [-0.25, -0.2) is 0 Å². The topological polar surface area (TPSA) is 56.0 Å². The van der Waals surface area contributed by atoms with Gasteiger partial charge in [0.15, 0.2) is 5.82 Å². The van der Waals surface area contributed by atoms with Gasteiger partial charge in [-0.2, -0.15) is 4.98 Å². The maximum absolute atomic E-state index is 11.5. The molecule has 1 heterocycles. The summed E-state index contributed by atoms with van der Waals surface area (Å²) in [5.74, 6) is 1.30. The second kappa shape index (κ2) is 5.19. The Morgan fingerprint density at radius 2 is 2.05 bits per heavy atom. The minimum atomic E-state index is -0.113. The Morgan fingerprint density at radius 3 is 2.65 bits per heavy atom. The first-order valence-corrected chi connectivity index (χ1v) is 7.15. The van der Waals surface area contributed by atoms with Crippen LogP contribution in [0, 0.1) is 0 Å². The van der Waals surface area contributed by atoms with Crippen LogP contribution in [0.1, 0.15) is 49.9 Å². The number of ketones is 1. The number of hydrogen-bond donors (Lipinski definition) is 0. The van der Waals surface area contributed by atoms with Gasteiger partial charge in [-0.15, -0.1) is 0 Å². The number of carbonyl (C=O) groups excluding carboxylic acids is 1. The van der Waals surface area contributed by atoms with E-state index in [1.54, 1.807) is 0 Å². The van der Waals surface area contributed by atoms with Gasteiger partial charge in [0.05, 0.1) is 11.8 Å². The number of rotatable bonds is 5. The van der Waals surface area contributed by atoms with Gasteiger partial charge in [0.2, 0.25) is 5.89 Å². The molecule has 0 saturated heterocycles. The van der Waals surface area contributed by atoms with Gasteiger partial charge in [0, 0.05) is 6.42 Å². The number of aromatic nitrogens is 2. The Morgan fingerprint density at radius 1 is 1.30 bits per heavy atom. The summed E-state index contributed by atoms with van der Waals surface area (Å²) < 4.78 is 5.26. The van der Waals surface area contributed by atoms with E-state index in [4.69, 9.17) is 4.52 Å². The van der Waals surface area contributed by atoms with Gasteiger partial charge < -0.3 is 4.52 Å². The maximum Gasteiger partial charge on any atom is 0.234 e. The zero-order valence-corrected chi connectivity index (χ0v) is 11.6. The molecule has 0 radical (unpaired) electrons. The van der Waals surface area contributed by atoms with Crippen molar-refractivity contribution in [2.75, 3.05) is 0 Å². The molecule has 1 aromatic heterocycles. The third-order valence-corrected chi connectivity index (χ3v) is 4.17. The Hall–Kier alpha value is -1.97. The standard InChI is InChI=1S/C16H18N2O2/c1-2-13(19)11-14-17-15(18-20-14)16(9-6-10-16)12-7-4-3-5-8-12/h3-5,7-8H,2,6,9-11H2,1H3. The van der Waals surface area contributed by atoms with Crippen molar-refractivity contribution >= 4 is 5.78 Å². The lowest BCUT2D eigenvalue weighted by Gasteiger charge is -2.39. The largest absolute Gasteiger partial charge is 0.339 e. The van der Waals surface area contributed by atoms with E-state index in [1.165, 1.54) is 12.0 Å². The number of hydrogen-bond acceptors (Lipinski definition) is 4. The molecule has 0 bridgehead atoms. The molecule has 1 saturated carbocycles. The summed E-state index contributed by atoms with van der Waals surface area (Å²) in [5.41, 5.74) is 1.12. The van der Waals surface area contributed by atoms with Gasteiger partial charge >= 0.3 is 0 Å². The highest BCUT2D eigenvalue weighted by Gasteiger charge is 2.44. The van der Waals surface area contributed by atoms with Gasteiger partial charge in [-0.3, -0.25) is 4.79 Å². The molecule has 1 aromatic carbocycles. The van der Waals surface area contributed by atoms with Gasteiger partial charge in [-0.05, 0) is 18.4 Å². The fourth-order valence-corrected chi connectivity index (χ4v) is 2.74. The molecule has 0 unspecified atom stereocenters. The predicted octanol–water partition coefficient (Wildman–Crippen LogP) is 3.06. The van der Waals surface area contributed by atoms with Crippen LogP contribution in [0.15, 0.2) is 34.9 Å². The fraction of sp³-hybridized carbons (Fsp3) is 0.438. The summed E-state index contributed by atoms with van der Waals surface area (Å²) >= 11 is 0. The van der Waals surface area contributed by atoms with Crippen molar-refractivity contribution in [1.29, 1.82) is 0 Å². The summed E-state index contributed by atoms with van der Waals surface area (Å²) in [6, 6.07) is 10.3. The van der Waals surface area contributed by atoms with Crippen LogP contribution in [0.25, 0.3) is 0 Å². The molecule has 4 heteroatoms. The molecule has 0 spiro atoms. The van der Waals surface area contributed by atoms with E-state index in [2.05, 4.69) is 22.3 Å². The zero-order valence-electron chi connectivity index (χ0n) is 11.6. The molecule has 0 N–H and O–H groups in total. The molecule has 104 valence electrons. The molecule has 1 aliphatic rings. The highest BCUT2D eigenvalue weighted by atomic mass is 16.5. The number of nitrogens with zero attached hydrogens (tertiary/aromatic N) is 2. The van der Waals surface area contributed by atoms with Crippen LogP contribution >= 0.6 is 0 Å². The van der Waals surface area contributed by atoms with Crippen molar-refractivity contribution in [3.8, 4) is 0 Å². The third-order valence-electron chi connectivity index (χ3n) is 4.17. The maximum atomic E-state index is 11.5. The monoisotopic (exact) mass is 270 g/mol. The summed E-state index contributed by atoms with van der Waals surface area (Å²) in [6.07, 6.45) is 4.00. The van der Waals surface area contributed by atoms with E-state index in [1.807, 2.05) is 25.1 Å². The summed E-state index contributed by atoms with van der Waals surface area (Å²) in [5, 5.41) is 4.14. The average molecular weight is 270 g/mol. The summed E-state index contributed by atoms with van der Waals surface area (Å²) in [4.78, 5) is 15.9. The van der Waals surface area contributed by atoms with Crippen LogP contribution in [-0.2, 0) is 16.6 Å². The average Bonchev–Trinajstić information content (AvgIpc) is 2.87. The molecule has 1 fully saturated rings. The quantitative estimate of drug-likeness (QED) is 0.838. The molecule has 1 aliphatic carbocycles. The molecule has 0 aliphatic heterocycles. The lowest BCUT2D eigenvalue weighted by atomic mass is 9.64. The minimum Gasteiger partial charge on any atom is -0.339 e. The Labute approximate surface area is 118 Å². The number of benzene rings is 1. The van der Waals surface area contributed by atoms with Crippen LogP contribution in [0.5, 0.6) is 0 Å². The van der Waals surface area contributed by atoms with Crippen LogP contribution in [-0.4, -0.2) is 15.9 Å². The van der Waals surface area contributed by atoms with E-state index in [-0.39, 0.29) is 17.6 Å². The molecule has 4 nitrogen and oxygen atoms in total. The van der Waals surface area contributed by atoms with Crippen molar-refractivity contribution < 1.29 is 9.32 Å². The molecule has 3 rings (SSSR count). The smallest absolute Gasteiger partial charge is 0.234 e. The highest BCUT2D eigenvalue weighted by Crippen LogP contribution is 2.47. The second-order valence-corrected chi connectivity index (χ2v) is 5.38. The Kier molecular flexibility index (Phi) is 3.38. The first-order valence-electron chi connectivity index (χ1n) is 7.15. The van der Waals surface area contributed by atoms with Gasteiger partial charge in [0.1, 0.15) is 5.78 Å². The van der Waals surface area contributed by atoms with Crippen molar-refractivity contribution in [2.24, 2.45) is 0 Å². The third kappa shape index (κ3) is 2.15. The molecule has 0 atom stereocenters. The van der Waals surface area contributed by atoms with Crippen LogP contribution < -0.4 is 0 Å². The second-order valence-electron chi connectivity index (χ2n) is 5.38. The Bertz CT molecular complexity index is 600. The van der Waals surface area contributed by atoms with Crippen molar-refractivity contribution in [1.82, 2.24) is 10.1 Å². The van der Waals surface area contributed by atoms with Crippen LogP contribution in [0.3, 0.4) is 0 Å². The molecular weight excluding hydrogens is 252 g/mol. The van der Waals surface area contributed by atoms with Gasteiger partial charge in [0.25, 0.3) is 0 Å². The van der Waals surface area contributed by atoms with Crippen LogP contribution in [0.2, 0.25) is 0 Å². The van der Waals surface area contributed by atoms with Crippen molar-refractivity contribution in [3.63, 3.8) is 0 Å². The number of Topliss-reactive ketones (excluding diaryl/α,β-unsaturated/α-hetero) is 1.